The highest BCUT2D eigenvalue weighted by atomic mass is 16.5. The van der Waals surface area contributed by atoms with Crippen molar-refractivity contribution in [3.63, 3.8) is 0 Å². The van der Waals surface area contributed by atoms with Crippen molar-refractivity contribution in [2.24, 2.45) is 0 Å². The Balaban J connectivity index is 1.53. The summed E-state index contributed by atoms with van der Waals surface area (Å²) in [4.78, 5) is 27.6. The second-order valence-corrected chi connectivity index (χ2v) is 8.91. The maximum Gasteiger partial charge on any atom is 0.349 e. The van der Waals surface area contributed by atoms with Crippen LogP contribution >= 0.6 is 0 Å². The average Bonchev–Trinajstić information content (AvgIpc) is 3.47. The van der Waals surface area contributed by atoms with Crippen LogP contribution in [0.25, 0.3) is 16.8 Å². The molecule has 8 heteroatoms. The Labute approximate surface area is 184 Å². The molecule has 0 unspecified atom stereocenters. The summed E-state index contributed by atoms with van der Waals surface area (Å²) in [7, 11) is 1.51. The molecular formula is C24H24N4O4. The van der Waals surface area contributed by atoms with Crippen molar-refractivity contribution in [2.45, 2.75) is 39.4 Å². The predicted molar refractivity (Wildman–Crippen MR) is 119 cm³/mol. The van der Waals surface area contributed by atoms with Crippen LogP contribution in [0.4, 0.5) is 0 Å². The van der Waals surface area contributed by atoms with Gasteiger partial charge in [-0.2, -0.15) is 5.10 Å². The Kier molecular flexibility index (Phi) is 4.47. The third kappa shape index (κ3) is 3.10. The van der Waals surface area contributed by atoms with E-state index < -0.39 is 5.63 Å². The van der Waals surface area contributed by atoms with Crippen LogP contribution in [0.15, 0.2) is 58.0 Å². The largest absolute Gasteiger partial charge is 0.493 e. The number of amides is 1. The topological polar surface area (TPSA) is 82.5 Å². The Bertz CT molecular complexity index is 1390. The minimum atomic E-state index is -0.679. The molecule has 1 aromatic carbocycles. The van der Waals surface area contributed by atoms with Crippen LogP contribution in [-0.4, -0.2) is 32.3 Å². The molecule has 1 aliphatic rings. The van der Waals surface area contributed by atoms with Crippen molar-refractivity contribution < 1.29 is 13.9 Å². The van der Waals surface area contributed by atoms with Crippen LogP contribution < -0.4 is 10.4 Å². The number of carbonyl (C=O) groups excluding carboxylic acids is 1. The Morgan fingerprint density at radius 2 is 1.88 bits per heavy atom. The highest BCUT2D eigenvalue weighted by molar-refractivity contribution is 5.97. The van der Waals surface area contributed by atoms with Gasteiger partial charge in [0.1, 0.15) is 11.4 Å². The molecule has 4 aromatic rings. The van der Waals surface area contributed by atoms with Crippen LogP contribution in [0.2, 0.25) is 0 Å². The summed E-state index contributed by atoms with van der Waals surface area (Å²) in [6.45, 7) is 6.99. The molecule has 0 N–H and O–H groups in total. The minimum Gasteiger partial charge on any atom is -0.493 e. The molecule has 1 aliphatic heterocycles. The van der Waals surface area contributed by atoms with E-state index in [0.29, 0.717) is 29.8 Å². The smallest absolute Gasteiger partial charge is 0.349 e. The standard InChI is InChI=1S/C24H24N4O4/c1-24(2,3)28-21(26-10-5-6-11-26)17-13-27(14-18(17)25-28)22(29)16-12-15-8-7-9-19(31-4)20(15)32-23(16)30/h5-12H,13-14H2,1-4H3. The summed E-state index contributed by atoms with van der Waals surface area (Å²) in [6.07, 6.45) is 3.94. The van der Waals surface area contributed by atoms with E-state index >= 15 is 0 Å². The van der Waals surface area contributed by atoms with Gasteiger partial charge in [-0.15, -0.1) is 0 Å². The van der Waals surface area contributed by atoms with E-state index in [1.54, 1.807) is 29.2 Å². The molecule has 4 heterocycles. The van der Waals surface area contributed by atoms with Gasteiger partial charge in [0.05, 0.1) is 31.4 Å². The second kappa shape index (κ2) is 7.12. The maximum absolute atomic E-state index is 13.3. The van der Waals surface area contributed by atoms with Crippen molar-refractivity contribution in [3.8, 4) is 11.6 Å². The number of para-hydroxylation sites is 1. The molecule has 0 saturated heterocycles. The molecule has 5 rings (SSSR count). The number of nitrogens with zero attached hydrogens (tertiary/aromatic N) is 4. The lowest BCUT2D eigenvalue weighted by Crippen LogP contribution is -2.31. The molecule has 1 amide bonds. The number of methoxy groups -OCH3 is 1. The molecule has 0 bridgehead atoms. The number of carbonyl (C=O) groups is 1. The number of fused-ring (bicyclic) bond motifs is 2. The molecule has 0 spiro atoms. The van der Waals surface area contributed by atoms with Gasteiger partial charge in [-0.25, -0.2) is 9.48 Å². The second-order valence-electron chi connectivity index (χ2n) is 8.91. The molecule has 8 nitrogen and oxygen atoms in total. The van der Waals surface area contributed by atoms with Crippen molar-refractivity contribution in [3.05, 3.63) is 76.0 Å². The molecule has 0 aliphatic carbocycles. The summed E-state index contributed by atoms with van der Waals surface area (Å²) in [5.41, 5.74) is 1.25. The first-order valence-corrected chi connectivity index (χ1v) is 10.4. The van der Waals surface area contributed by atoms with Gasteiger partial charge in [0, 0.05) is 23.3 Å². The number of ether oxygens (including phenoxy) is 1. The molecule has 32 heavy (non-hydrogen) atoms. The molecule has 0 atom stereocenters. The highest BCUT2D eigenvalue weighted by Gasteiger charge is 2.35. The van der Waals surface area contributed by atoms with Crippen LogP contribution in [0.5, 0.6) is 5.75 Å². The molecule has 0 fully saturated rings. The summed E-state index contributed by atoms with van der Waals surface area (Å²) >= 11 is 0. The van der Waals surface area contributed by atoms with Crippen LogP contribution in [0, 0.1) is 0 Å². The van der Waals surface area contributed by atoms with E-state index in [1.807, 2.05) is 33.8 Å². The SMILES string of the molecule is COc1cccc2cc(C(=O)N3Cc4nn(C(C)(C)C)c(-n5cccc5)c4C3)c(=O)oc12. The minimum absolute atomic E-state index is 0.00196. The van der Waals surface area contributed by atoms with Crippen LogP contribution in [0.3, 0.4) is 0 Å². The molecule has 0 saturated carbocycles. The maximum atomic E-state index is 13.3. The van der Waals surface area contributed by atoms with Gasteiger partial charge >= 0.3 is 5.63 Å². The average molecular weight is 432 g/mol. The van der Waals surface area contributed by atoms with Crippen LogP contribution in [0.1, 0.15) is 42.4 Å². The fourth-order valence-electron chi connectivity index (χ4n) is 4.15. The van der Waals surface area contributed by atoms with E-state index in [4.69, 9.17) is 14.3 Å². The summed E-state index contributed by atoms with van der Waals surface area (Å²) in [5, 5.41) is 5.46. The van der Waals surface area contributed by atoms with E-state index in [1.165, 1.54) is 7.11 Å². The van der Waals surface area contributed by atoms with E-state index in [9.17, 15) is 9.59 Å². The third-order valence-electron chi connectivity index (χ3n) is 5.68. The molecule has 3 aromatic heterocycles. The summed E-state index contributed by atoms with van der Waals surface area (Å²) in [6, 6.07) is 10.8. The first kappa shape index (κ1) is 20.1. The lowest BCUT2D eigenvalue weighted by molar-refractivity contribution is 0.0744. The third-order valence-corrected chi connectivity index (χ3v) is 5.68. The van der Waals surface area contributed by atoms with E-state index in [2.05, 4.69) is 20.8 Å². The predicted octanol–water partition coefficient (Wildman–Crippen LogP) is 3.70. The fourth-order valence-corrected chi connectivity index (χ4v) is 4.15. The number of hydrogen-bond donors (Lipinski definition) is 0. The zero-order valence-electron chi connectivity index (χ0n) is 18.5. The number of rotatable bonds is 3. The van der Waals surface area contributed by atoms with E-state index in [0.717, 1.165) is 17.1 Å². The van der Waals surface area contributed by atoms with Gasteiger partial charge in [0.2, 0.25) is 0 Å². The lowest BCUT2D eigenvalue weighted by atomic mass is 10.1. The van der Waals surface area contributed by atoms with Gasteiger partial charge in [-0.3, -0.25) is 4.79 Å². The Hall–Kier alpha value is -3.81. The normalized spacial score (nSPS) is 13.6. The Morgan fingerprint density at radius 1 is 1.12 bits per heavy atom. The number of hydrogen-bond acceptors (Lipinski definition) is 5. The van der Waals surface area contributed by atoms with E-state index in [-0.39, 0.29) is 17.0 Å². The van der Waals surface area contributed by atoms with Crippen molar-refractivity contribution >= 4 is 16.9 Å². The first-order chi connectivity index (χ1) is 15.3. The van der Waals surface area contributed by atoms with Crippen molar-refractivity contribution in [1.82, 2.24) is 19.2 Å². The van der Waals surface area contributed by atoms with Crippen LogP contribution in [-0.2, 0) is 18.6 Å². The quantitative estimate of drug-likeness (QED) is 0.461. The van der Waals surface area contributed by atoms with Gasteiger partial charge in [-0.05, 0) is 45.0 Å². The lowest BCUT2D eigenvalue weighted by Gasteiger charge is -2.24. The highest BCUT2D eigenvalue weighted by Crippen LogP contribution is 2.33. The fraction of sp³-hybridized carbons (Fsp3) is 0.292. The first-order valence-electron chi connectivity index (χ1n) is 10.4. The molecule has 164 valence electrons. The zero-order chi connectivity index (χ0) is 22.6. The van der Waals surface area contributed by atoms with Crippen molar-refractivity contribution in [2.75, 3.05) is 7.11 Å². The monoisotopic (exact) mass is 432 g/mol. The number of benzene rings is 1. The van der Waals surface area contributed by atoms with Gasteiger partial charge in [-0.1, -0.05) is 12.1 Å². The van der Waals surface area contributed by atoms with Gasteiger partial charge in [0.15, 0.2) is 11.3 Å². The summed E-state index contributed by atoms with van der Waals surface area (Å²) in [5.74, 6) is 1.01. The van der Waals surface area contributed by atoms with Gasteiger partial charge < -0.3 is 18.6 Å². The molecule has 0 radical (unpaired) electrons. The summed E-state index contributed by atoms with van der Waals surface area (Å²) < 4.78 is 14.7. The van der Waals surface area contributed by atoms with Crippen molar-refractivity contribution in [1.29, 1.82) is 0 Å². The Morgan fingerprint density at radius 3 is 2.56 bits per heavy atom. The zero-order valence-corrected chi connectivity index (χ0v) is 18.5. The van der Waals surface area contributed by atoms with Gasteiger partial charge in [0.25, 0.3) is 5.91 Å². The number of aromatic nitrogens is 3. The molecular weight excluding hydrogens is 408 g/mol.